The largest absolute Gasteiger partial charge is 0.465 e. The molecule has 0 aliphatic heterocycles. The van der Waals surface area contributed by atoms with E-state index >= 15 is 0 Å². The molecule has 0 aromatic carbocycles. The summed E-state index contributed by atoms with van der Waals surface area (Å²) in [4.78, 5) is 40.8. The van der Waals surface area contributed by atoms with E-state index in [9.17, 15) is 14.4 Å². The highest BCUT2D eigenvalue weighted by atomic mass is 16.6. The van der Waals surface area contributed by atoms with E-state index in [0.717, 1.165) is 0 Å². The van der Waals surface area contributed by atoms with Crippen LogP contribution in [0.1, 0.15) is 32.9 Å². The molecule has 1 aromatic rings. The summed E-state index contributed by atoms with van der Waals surface area (Å²) in [5.41, 5.74) is -2.45. The molecule has 1 aliphatic carbocycles. The van der Waals surface area contributed by atoms with Crippen molar-refractivity contribution in [1.29, 1.82) is 0 Å². The van der Waals surface area contributed by atoms with E-state index in [4.69, 9.17) is 9.47 Å². The molecule has 1 saturated carbocycles. The Balaban J connectivity index is 2.71. The Morgan fingerprint density at radius 1 is 1.27 bits per heavy atom. The van der Waals surface area contributed by atoms with E-state index < -0.39 is 22.8 Å². The minimum Gasteiger partial charge on any atom is -0.465 e. The molecule has 0 radical (unpaired) electrons. The average molecular weight is 363 g/mol. The second-order valence-electron chi connectivity index (χ2n) is 6.65. The van der Waals surface area contributed by atoms with E-state index in [1.54, 1.807) is 52.0 Å². The van der Waals surface area contributed by atoms with E-state index in [2.05, 4.69) is 10.2 Å². The Morgan fingerprint density at radius 2 is 1.85 bits per heavy atom. The zero-order valence-corrected chi connectivity index (χ0v) is 15.8. The van der Waals surface area contributed by atoms with Crippen molar-refractivity contribution >= 4 is 17.7 Å². The van der Waals surface area contributed by atoms with Crippen molar-refractivity contribution in [1.82, 2.24) is 15.1 Å². The third kappa shape index (κ3) is 3.00. The van der Waals surface area contributed by atoms with Gasteiger partial charge >= 0.3 is 11.9 Å². The molecule has 8 heteroatoms. The lowest BCUT2D eigenvalue weighted by atomic mass is 9.77. The van der Waals surface area contributed by atoms with Gasteiger partial charge in [-0.05, 0) is 33.3 Å². The normalized spacial score (nSPS) is 23.1. The fourth-order valence-corrected chi connectivity index (χ4v) is 3.35. The van der Waals surface area contributed by atoms with Crippen molar-refractivity contribution in [2.75, 3.05) is 27.3 Å². The number of hydrogen-bond acceptors (Lipinski definition) is 7. The van der Waals surface area contributed by atoms with Crippen molar-refractivity contribution in [3.05, 3.63) is 29.7 Å². The van der Waals surface area contributed by atoms with E-state index in [0.29, 0.717) is 5.69 Å². The molecule has 1 fully saturated rings. The summed E-state index contributed by atoms with van der Waals surface area (Å²) in [6.45, 7) is 5.14. The number of H-pyrrole nitrogens is 1. The van der Waals surface area contributed by atoms with Crippen molar-refractivity contribution in [2.45, 2.75) is 32.6 Å². The number of nitrogens with zero attached hydrogens (tertiary/aromatic N) is 2. The Kier molecular flexibility index (Phi) is 5.53. The Morgan fingerprint density at radius 3 is 2.27 bits per heavy atom. The van der Waals surface area contributed by atoms with Crippen molar-refractivity contribution in [3.8, 4) is 0 Å². The van der Waals surface area contributed by atoms with Crippen molar-refractivity contribution < 1.29 is 23.9 Å². The lowest BCUT2D eigenvalue weighted by molar-refractivity contribution is -0.169. The Hall–Kier alpha value is -2.64. The highest BCUT2D eigenvalue weighted by Gasteiger charge is 2.66. The molecule has 1 heterocycles. The van der Waals surface area contributed by atoms with Crippen LogP contribution in [0.3, 0.4) is 0 Å². The first-order valence-corrected chi connectivity index (χ1v) is 8.52. The molecule has 26 heavy (non-hydrogen) atoms. The number of hydrogen-bond donors (Lipinski definition) is 1. The smallest absolute Gasteiger partial charge is 0.328 e. The van der Waals surface area contributed by atoms with Gasteiger partial charge in [0.25, 0.3) is 0 Å². The number of ether oxygens (including phenoxy) is 2. The number of Topliss-reactive ketones (excluding diaryl/α,β-unsaturated/α-hetero) is 1. The Bertz CT molecular complexity index is 705. The monoisotopic (exact) mass is 363 g/mol. The molecule has 0 spiro atoms. The molecule has 1 aliphatic rings. The number of nitrogens with one attached hydrogen (secondary N) is 1. The van der Waals surface area contributed by atoms with E-state index in [1.165, 1.54) is 6.20 Å². The number of aromatic amines is 1. The molecule has 0 bridgehead atoms. The zero-order chi connectivity index (χ0) is 19.5. The molecule has 1 atom stereocenters. The molecule has 142 valence electrons. The first-order valence-electron chi connectivity index (χ1n) is 8.52. The maximum absolute atomic E-state index is 13.3. The van der Waals surface area contributed by atoms with Crippen LogP contribution in [0.25, 0.3) is 0 Å². The quantitative estimate of drug-likeness (QED) is 0.460. The predicted molar refractivity (Wildman–Crippen MR) is 93.0 cm³/mol. The van der Waals surface area contributed by atoms with Crippen LogP contribution in [-0.4, -0.2) is 60.1 Å². The summed E-state index contributed by atoms with van der Waals surface area (Å²) in [6.07, 6.45) is 2.99. The summed E-state index contributed by atoms with van der Waals surface area (Å²) in [6, 6.07) is 1.66. The van der Waals surface area contributed by atoms with E-state index in [-0.39, 0.29) is 31.0 Å². The second kappa shape index (κ2) is 7.31. The molecule has 0 saturated heterocycles. The van der Waals surface area contributed by atoms with Gasteiger partial charge in [-0.25, -0.2) is 0 Å². The van der Waals surface area contributed by atoms with Crippen LogP contribution >= 0.6 is 0 Å². The van der Waals surface area contributed by atoms with Crippen LogP contribution in [0.4, 0.5) is 0 Å². The Labute approximate surface area is 152 Å². The summed E-state index contributed by atoms with van der Waals surface area (Å²) in [7, 11) is 3.43. The number of carbonyl (C=O) groups is 3. The highest BCUT2D eigenvalue weighted by Crippen LogP contribution is 2.52. The van der Waals surface area contributed by atoms with Crippen molar-refractivity contribution in [2.24, 2.45) is 5.41 Å². The number of rotatable bonds is 6. The molecule has 2 rings (SSSR count). The lowest BCUT2D eigenvalue weighted by Gasteiger charge is -2.27. The van der Waals surface area contributed by atoms with Crippen LogP contribution in [0.5, 0.6) is 0 Å². The maximum atomic E-state index is 13.3. The van der Waals surface area contributed by atoms with Gasteiger partial charge in [0.15, 0.2) is 11.2 Å². The molecular weight excluding hydrogens is 338 g/mol. The molecule has 1 aromatic heterocycles. The molecule has 1 N–H and O–H groups in total. The third-order valence-corrected chi connectivity index (χ3v) is 4.53. The van der Waals surface area contributed by atoms with Gasteiger partial charge in [-0.1, -0.05) is 0 Å². The molecule has 0 amide bonds. The van der Waals surface area contributed by atoms with E-state index in [1.807, 2.05) is 0 Å². The second-order valence-corrected chi connectivity index (χ2v) is 6.65. The zero-order valence-electron chi connectivity index (χ0n) is 15.8. The fraction of sp³-hybridized carbons (Fsp3) is 0.556. The molecule has 8 nitrogen and oxygen atoms in total. The van der Waals surface area contributed by atoms with Gasteiger partial charge in [0.05, 0.1) is 24.3 Å². The van der Waals surface area contributed by atoms with Crippen LogP contribution in [0.2, 0.25) is 0 Å². The fourth-order valence-electron chi connectivity index (χ4n) is 3.35. The minimum atomic E-state index is -1.82. The van der Waals surface area contributed by atoms with Crippen LogP contribution in [0, 0.1) is 5.41 Å². The lowest BCUT2D eigenvalue weighted by Crippen LogP contribution is -2.43. The number of ketones is 1. The van der Waals surface area contributed by atoms with Crippen LogP contribution in [0.15, 0.2) is 24.0 Å². The number of aromatic nitrogens is 2. The summed E-state index contributed by atoms with van der Waals surface area (Å²) >= 11 is 0. The SMILES string of the molecule is CCOC(=O)C1(C(=O)OCC)C[C@](C)(c2cc[nH]n2)C(=O)C1=CN(C)C. The third-order valence-electron chi connectivity index (χ3n) is 4.53. The standard InChI is InChI=1S/C18H25N3O5/c1-6-25-15(23)18(16(24)26-7-2)11-17(3,13-8-9-19-20-13)14(22)12(18)10-21(4)5/h8-10H,6-7,11H2,1-5H3,(H,19,20)/t17-/m1/s1. The predicted octanol–water partition coefficient (Wildman–Crippen LogP) is 1.20. The summed E-state index contributed by atoms with van der Waals surface area (Å²) in [5.74, 6) is -1.90. The van der Waals surface area contributed by atoms with Crippen LogP contribution in [-0.2, 0) is 29.3 Å². The first-order chi connectivity index (χ1) is 12.2. The van der Waals surface area contributed by atoms with Crippen LogP contribution < -0.4 is 0 Å². The maximum Gasteiger partial charge on any atom is 0.328 e. The van der Waals surface area contributed by atoms with Gasteiger partial charge in [-0.3, -0.25) is 19.5 Å². The van der Waals surface area contributed by atoms with Gasteiger partial charge < -0.3 is 14.4 Å². The van der Waals surface area contributed by atoms with Crippen molar-refractivity contribution in [3.63, 3.8) is 0 Å². The topological polar surface area (TPSA) is 102 Å². The van der Waals surface area contributed by atoms with Gasteiger partial charge in [-0.2, -0.15) is 5.10 Å². The minimum absolute atomic E-state index is 0.0601. The van der Waals surface area contributed by atoms with Gasteiger partial charge in [0.2, 0.25) is 0 Å². The number of esters is 2. The molecule has 0 unspecified atom stereocenters. The van der Waals surface area contributed by atoms with Gasteiger partial charge in [0.1, 0.15) is 0 Å². The molecular formula is C18H25N3O5. The first kappa shape index (κ1) is 19.7. The highest BCUT2D eigenvalue weighted by molar-refractivity contribution is 6.20. The summed E-state index contributed by atoms with van der Waals surface area (Å²) < 4.78 is 10.4. The average Bonchev–Trinajstić information content (AvgIpc) is 3.18. The number of carbonyl (C=O) groups excluding carboxylic acids is 3. The van der Waals surface area contributed by atoms with Gasteiger partial charge in [0, 0.05) is 32.1 Å². The summed E-state index contributed by atoms with van der Waals surface area (Å²) in [5, 5.41) is 6.80. The van der Waals surface area contributed by atoms with Gasteiger partial charge in [-0.15, -0.1) is 0 Å².